The molecule has 0 N–H and O–H groups in total. The molecule has 0 saturated heterocycles. The summed E-state index contributed by atoms with van der Waals surface area (Å²) in [5, 5.41) is 0. The summed E-state index contributed by atoms with van der Waals surface area (Å²) in [6.45, 7) is 11.3. The summed E-state index contributed by atoms with van der Waals surface area (Å²) in [6, 6.07) is 8.86. The minimum Gasteiger partial charge on any atom is -0.461 e. The van der Waals surface area contributed by atoms with E-state index in [1.54, 1.807) is 11.3 Å². The molecule has 0 saturated carbocycles. The Balaban J connectivity index is 1.65. The van der Waals surface area contributed by atoms with E-state index in [1.807, 2.05) is 28.7 Å². The zero-order chi connectivity index (χ0) is 23.8. The minimum absolute atomic E-state index is 0.194. The molecule has 0 radical (unpaired) electrons. The molecule has 5 heteroatoms. The van der Waals surface area contributed by atoms with Gasteiger partial charge in [0.1, 0.15) is 4.88 Å². The van der Waals surface area contributed by atoms with E-state index in [1.165, 1.54) is 74.9 Å². The number of thiophene rings is 3. The lowest BCUT2D eigenvalue weighted by Gasteiger charge is -2.08. The second-order valence-corrected chi connectivity index (χ2v) is 12.4. The highest BCUT2D eigenvalue weighted by atomic mass is 32.1. The van der Waals surface area contributed by atoms with Crippen molar-refractivity contribution in [3.8, 4) is 19.5 Å². The SMILES string of the molecule is CCCCCCCCc1ccc(-c2sc(-c3sc(C(=O)OC[C@H](C)CC)cc3C)cc2C)s1. The molecule has 0 spiro atoms. The summed E-state index contributed by atoms with van der Waals surface area (Å²) in [6.07, 6.45) is 10.3. The van der Waals surface area contributed by atoms with E-state index < -0.39 is 0 Å². The lowest BCUT2D eigenvalue weighted by Crippen LogP contribution is -2.10. The van der Waals surface area contributed by atoms with Gasteiger partial charge in [-0.1, -0.05) is 59.3 Å². The van der Waals surface area contributed by atoms with Gasteiger partial charge in [-0.25, -0.2) is 4.79 Å². The molecule has 0 aliphatic carbocycles. The molecule has 0 unspecified atom stereocenters. The zero-order valence-corrected chi connectivity index (χ0v) is 23.2. The molecular weight excluding hydrogens is 465 g/mol. The van der Waals surface area contributed by atoms with E-state index in [9.17, 15) is 4.79 Å². The van der Waals surface area contributed by atoms with Crippen LogP contribution >= 0.6 is 34.0 Å². The highest BCUT2D eigenvalue weighted by molar-refractivity contribution is 7.27. The molecule has 0 aliphatic heterocycles. The maximum atomic E-state index is 12.5. The third-order valence-corrected chi connectivity index (χ3v) is 10.1. The first-order valence-electron chi connectivity index (χ1n) is 12.4. The normalized spacial score (nSPS) is 12.3. The van der Waals surface area contributed by atoms with Crippen LogP contribution in [0.1, 0.15) is 91.4 Å². The fourth-order valence-corrected chi connectivity index (χ4v) is 7.42. The Labute approximate surface area is 212 Å². The van der Waals surface area contributed by atoms with Gasteiger partial charge in [0.15, 0.2) is 0 Å². The number of aryl methyl sites for hydroxylation is 3. The van der Waals surface area contributed by atoms with Crippen molar-refractivity contribution in [2.45, 2.75) is 86.0 Å². The predicted molar refractivity (Wildman–Crippen MR) is 147 cm³/mol. The van der Waals surface area contributed by atoms with Crippen LogP contribution < -0.4 is 0 Å². The summed E-state index contributed by atoms with van der Waals surface area (Å²) < 4.78 is 5.52. The number of carbonyl (C=O) groups excluding carboxylic acids is 1. The third-order valence-electron chi connectivity index (χ3n) is 6.12. The molecule has 0 aromatic carbocycles. The van der Waals surface area contributed by atoms with Crippen LogP contribution in [0.2, 0.25) is 0 Å². The molecule has 1 atom stereocenters. The Morgan fingerprint density at radius 3 is 2.33 bits per heavy atom. The van der Waals surface area contributed by atoms with Crippen LogP contribution in [0.25, 0.3) is 19.5 Å². The fraction of sp³-hybridized carbons (Fsp3) is 0.536. The average Bonchev–Trinajstić information content (AvgIpc) is 3.52. The third kappa shape index (κ3) is 7.27. The van der Waals surface area contributed by atoms with E-state index in [2.05, 4.69) is 52.8 Å². The Morgan fingerprint density at radius 1 is 0.879 bits per heavy atom. The molecule has 3 aromatic heterocycles. The number of esters is 1. The maximum Gasteiger partial charge on any atom is 0.348 e. The van der Waals surface area contributed by atoms with Gasteiger partial charge in [-0.3, -0.25) is 0 Å². The van der Waals surface area contributed by atoms with E-state index in [0.717, 1.165) is 12.0 Å². The minimum atomic E-state index is -0.194. The van der Waals surface area contributed by atoms with E-state index >= 15 is 0 Å². The highest BCUT2D eigenvalue weighted by Gasteiger charge is 2.19. The second-order valence-electron chi connectivity index (χ2n) is 9.14. The predicted octanol–water partition coefficient (Wildman–Crippen LogP) is 9.93. The fourth-order valence-electron chi connectivity index (χ4n) is 3.79. The quantitative estimate of drug-likeness (QED) is 0.172. The zero-order valence-electron chi connectivity index (χ0n) is 20.8. The average molecular weight is 503 g/mol. The van der Waals surface area contributed by atoms with Crippen LogP contribution in [-0.2, 0) is 11.2 Å². The van der Waals surface area contributed by atoms with Gasteiger partial charge >= 0.3 is 5.97 Å². The molecule has 3 aromatic rings. The smallest absolute Gasteiger partial charge is 0.348 e. The summed E-state index contributed by atoms with van der Waals surface area (Å²) in [5.74, 6) is 0.203. The molecule has 33 heavy (non-hydrogen) atoms. The molecule has 0 fully saturated rings. The van der Waals surface area contributed by atoms with Crippen LogP contribution in [0.15, 0.2) is 24.3 Å². The summed E-state index contributed by atoms with van der Waals surface area (Å²) in [5.41, 5.74) is 2.47. The van der Waals surface area contributed by atoms with Crippen LogP contribution in [0, 0.1) is 19.8 Å². The molecular formula is C28H38O2S3. The Morgan fingerprint density at radius 2 is 1.58 bits per heavy atom. The number of carbonyl (C=O) groups is 1. The van der Waals surface area contributed by atoms with Crippen molar-refractivity contribution in [3.05, 3.63) is 45.1 Å². The van der Waals surface area contributed by atoms with E-state index in [-0.39, 0.29) is 5.97 Å². The monoisotopic (exact) mass is 502 g/mol. The molecule has 3 rings (SSSR count). The standard InChI is InChI=1S/C28H38O2S3/c1-6-8-9-10-11-12-13-22-14-15-23(31-22)26-20(4)16-24(32-26)27-21(5)17-25(33-27)28(29)30-18-19(3)7-2/h14-17,19H,6-13,18H2,1-5H3/t19-/m1/s1. The number of unbranched alkanes of at least 4 members (excludes halogenated alkanes) is 5. The first kappa shape index (κ1) is 26.2. The lowest BCUT2D eigenvalue weighted by atomic mass is 10.1. The summed E-state index contributed by atoms with van der Waals surface area (Å²) in [7, 11) is 0. The van der Waals surface area contributed by atoms with Gasteiger partial charge in [0.2, 0.25) is 0 Å². The van der Waals surface area contributed by atoms with Crippen molar-refractivity contribution in [2.24, 2.45) is 5.92 Å². The second kappa shape index (κ2) is 12.9. The van der Waals surface area contributed by atoms with Gasteiger partial charge in [-0.15, -0.1) is 34.0 Å². The summed E-state index contributed by atoms with van der Waals surface area (Å²) >= 11 is 5.35. The molecule has 0 bridgehead atoms. The molecule has 2 nitrogen and oxygen atoms in total. The number of hydrogen-bond acceptors (Lipinski definition) is 5. The van der Waals surface area contributed by atoms with Gasteiger partial charge < -0.3 is 4.74 Å². The van der Waals surface area contributed by atoms with Crippen molar-refractivity contribution < 1.29 is 9.53 Å². The first-order chi connectivity index (χ1) is 15.9. The van der Waals surface area contributed by atoms with Crippen molar-refractivity contribution >= 4 is 40.0 Å². The van der Waals surface area contributed by atoms with Crippen LogP contribution in [0.4, 0.5) is 0 Å². The van der Waals surface area contributed by atoms with E-state index in [0.29, 0.717) is 17.4 Å². The van der Waals surface area contributed by atoms with Crippen LogP contribution in [-0.4, -0.2) is 12.6 Å². The number of ether oxygens (including phenoxy) is 1. The topological polar surface area (TPSA) is 26.3 Å². The van der Waals surface area contributed by atoms with Crippen molar-refractivity contribution in [1.29, 1.82) is 0 Å². The van der Waals surface area contributed by atoms with Crippen molar-refractivity contribution in [3.63, 3.8) is 0 Å². The van der Waals surface area contributed by atoms with E-state index in [4.69, 9.17) is 4.74 Å². The molecule has 180 valence electrons. The lowest BCUT2D eigenvalue weighted by molar-refractivity contribution is 0.0453. The number of hydrogen-bond donors (Lipinski definition) is 0. The highest BCUT2D eigenvalue weighted by Crippen LogP contribution is 2.44. The van der Waals surface area contributed by atoms with Crippen LogP contribution in [0.5, 0.6) is 0 Å². The molecule has 3 heterocycles. The molecule has 0 aliphatic rings. The number of rotatable bonds is 13. The maximum absolute atomic E-state index is 12.5. The van der Waals surface area contributed by atoms with Crippen molar-refractivity contribution in [1.82, 2.24) is 0 Å². The summed E-state index contributed by atoms with van der Waals surface area (Å²) in [4.78, 5) is 19.9. The molecule has 0 amide bonds. The Kier molecular flexibility index (Phi) is 10.2. The van der Waals surface area contributed by atoms with Gasteiger partial charge in [0, 0.05) is 24.4 Å². The van der Waals surface area contributed by atoms with Gasteiger partial charge in [-0.2, -0.15) is 0 Å². The van der Waals surface area contributed by atoms with Gasteiger partial charge in [0.25, 0.3) is 0 Å². The largest absolute Gasteiger partial charge is 0.461 e. The van der Waals surface area contributed by atoms with Gasteiger partial charge in [-0.05, 0) is 68.0 Å². The van der Waals surface area contributed by atoms with Gasteiger partial charge in [0.05, 0.1) is 6.61 Å². The van der Waals surface area contributed by atoms with Crippen molar-refractivity contribution in [2.75, 3.05) is 6.61 Å². The Hall–Kier alpha value is -1.43. The first-order valence-corrected chi connectivity index (χ1v) is 14.8. The Bertz CT molecular complexity index is 1020. The van der Waals surface area contributed by atoms with Crippen LogP contribution in [0.3, 0.4) is 0 Å².